The molecule has 1 unspecified atom stereocenters. The lowest BCUT2D eigenvalue weighted by Gasteiger charge is -2.16. The van der Waals surface area contributed by atoms with Gasteiger partial charge in [-0.3, -0.25) is 14.2 Å². The summed E-state index contributed by atoms with van der Waals surface area (Å²) < 4.78 is 40.2. The molecule has 3 heterocycles. The molecule has 1 aliphatic rings. The van der Waals surface area contributed by atoms with Crippen molar-refractivity contribution < 1.29 is 23.1 Å². The van der Waals surface area contributed by atoms with Crippen LogP contribution in [-0.2, 0) is 0 Å². The molecule has 0 bridgehead atoms. The molecule has 3 N–H and O–H groups in total. The van der Waals surface area contributed by atoms with Crippen LogP contribution in [0, 0.1) is 0 Å². The molecule has 35 heavy (non-hydrogen) atoms. The molecule has 4 aromatic rings. The minimum Gasteiger partial charge on any atom is -0.382 e. The number of benzene rings is 1. The van der Waals surface area contributed by atoms with Crippen LogP contribution in [-0.4, -0.2) is 55.2 Å². The van der Waals surface area contributed by atoms with E-state index in [0.29, 0.717) is 28.2 Å². The number of amides is 1. The third kappa shape index (κ3) is 4.94. The molecule has 8 nitrogen and oxygen atoms in total. The number of carbonyl (C=O) groups is 1. The Balaban J connectivity index is 1.52. The van der Waals surface area contributed by atoms with Crippen LogP contribution in [0.4, 0.5) is 19.0 Å². The largest absolute Gasteiger partial charge is 0.416 e. The average Bonchev–Trinajstić information content (AvgIpc) is 3.57. The van der Waals surface area contributed by atoms with Crippen molar-refractivity contribution in [3.05, 3.63) is 66.7 Å². The van der Waals surface area contributed by atoms with Gasteiger partial charge in [0.1, 0.15) is 0 Å². The second kappa shape index (κ2) is 8.99. The van der Waals surface area contributed by atoms with Crippen LogP contribution >= 0.6 is 0 Å². The van der Waals surface area contributed by atoms with E-state index in [1.54, 1.807) is 65.6 Å². The number of aliphatic hydroxyl groups is 1. The molecular weight excluding hydrogens is 461 g/mol. The van der Waals surface area contributed by atoms with Gasteiger partial charge in [0.25, 0.3) is 5.91 Å². The highest BCUT2D eigenvalue weighted by Crippen LogP contribution is 2.29. The molecule has 11 heteroatoms. The average molecular weight is 482 g/mol. The van der Waals surface area contributed by atoms with E-state index in [2.05, 4.69) is 25.6 Å². The number of aliphatic hydroxyl groups excluding tert-OH is 1. The zero-order valence-corrected chi connectivity index (χ0v) is 18.3. The Labute approximate surface area is 197 Å². The molecule has 1 fully saturated rings. The van der Waals surface area contributed by atoms with Gasteiger partial charge in [0.05, 0.1) is 24.1 Å². The van der Waals surface area contributed by atoms with Crippen LogP contribution in [0.15, 0.2) is 61.2 Å². The van der Waals surface area contributed by atoms with Gasteiger partial charge >= 0.3 is 6.18 Å². The van der Waals surface area contributed by atoms with Crippen LogP contribution in [0.1, 0.15) is 23.2 Å². The SMILES string of the molecule is O=C(NC1CC1)c1ccc(-c2cnc3c(NCC(O)C(F)(F)F)nc(-c4ccncc4)cn23)cc1. The summed E-state index contributed by atoms with van der Waals surface area (Å²) in [4.78, 5) is 25.1. The summed E-state index contributed by atoms with van der Waals surface area (Å²) in [5.41, 5.74) is 3.43. The monoisotopic (exact) mass is 482 g/mol. The topological polar surface area (TPSA) is 104 Å². The molecule has 0 radical (unpaired) electrons. The van der Waals surface area contributed by atoms with Gasteiger partial charge in [-0.25, -0.2) is 9.97 Å². The number of alkyl halides is 3. The van der Waals surface area contributed by atoms with Gasteiger partial charge in [0.2, 0.25) is 0 Å². The highest BCUT2D eigenvalue weighted by Gasteiger charge is 2.38. The van der Waals surface area contributed by atoms with E-state index >= 15 is 0 Å². The summed E-state index contributed by atoms with van der Waals surface area (Å²) >= 11 is 0. The molecule has 0 aliphatic heterocycles. The van der Waals surface area contributed by atoms with Crippen LogP contribution in [0.3, 0.4) is 0 Å². The minimum atomic E-state index is -4.76. The van der Waals surface area contributed by atoms with Gasteiger partial charge in [-0.15, -0.1) is 0 Å². The van der Waals surface area contributed by atoms with Crippen molar-refractivity contribution in [1.29, 1.82) is 0 Å². The predicted molar refractivity (Wildman–Crippen MR) is 123 cm³/mol. The molecule has 0 spiro atoms. The lowest BCUT2D eigenvalue weighted by atomic mass is 10.1. The Hall–Kier alpha value is -3.99. The van der Waals surface area contributed by atoms with Crippen molar-refractivity contribution >= 4 is 17.4 Å². The Bertz CT molecular complexity index is 1350. The Morgan fingerprint density at radius 3 is 2.49 bits per heavy atom. The number of carbonyl (C=O) groups excluding carboxylic acids is 1. The van der Waals surface area contributed by atoms with Gasteiger partial charge < -0.3 is 15.7 Å². The van der Waals surface area contributed by atoms with Crippen LogP contribution in [0.25, 0.3) is 28.2 Å². The third-order valence-corrected chi connectivity index (χ3v) is 5.66. The van der Waals surface area contributed by atoms with Crippen LogP contribution < -0.4 is 10.6 Å². The van der Waals surface area contributed by atoms with E-state index < -0.39 is 18.8 Å². The van der Waals surface area contributed by atoms with E-state index in [0.717, 1.165) is 18.4 Å². The Kier molecular flexibility index (Phi) is 5.85. The number of aromatic nitrogens is 4. The third-order valence-electron chi connectivity index (χ3n) is 5.66. The van der Waals surface area contributed by atoms with Crippen molar-refractivity contribution in [2.45, 2.75) is 31.2 Å². The van der Waals surface area contributed by atoms with Gasteiger partial charge in [0.15, 0.2) is 17.6 Å². The second-order valence-corrected chi connectivity index (χ2v) is 8.31. The molecule has 1 aromatic carbocycles. The van der Waals surface area contributed by atoms with E-state index in [-0.39, 0.29) is 17.8 Å². The smallest absolute Gasteiger partial charge is 0.382 e. The van der Waals surface area contributed by atoms with E-state index in [4.69, 9.17) is 0 Å². The minimum absolute atomic E-state index is 0.0919. The summed E-state index contributed by atoms with van der Waals surface area (Å²) in [6, 6.07) is 10.7. The summed E-state index contributed by atoms with van der Waals surface area (Å²) in [6.45, 7) is -0.779. The fraction of sp³-hybridized carbons (Fsp3) is 0.250. The number of hydrogen-bond donors (Lipinski definition) is 3. The lowest BCUT2D eigenvalue weighted by molar-refractivity contribution is -0.198. The quantitative estimate of drug-likeness (QED) is 0.371. The highest BCUT2D eigenvalue weighted by atomic mass is 19.4. The molecule has 1 aliphatic carbocycles. The second-order valence-electron chi connectivity index (χ2n) is 8.31. The molecule has 5 rings (SSSR count). The van der Waals surface area contributed by atoms with Gasteiger partial charge in [-0.2, -0.15) is 13.2 Å². The zero-order chi connectivity index (χ0) is 24.6. The normalized spacial score (nSPS) is 14.6. The fourth-order valence-electron chi connectivity index (χ4n) is 3.58. The molecule has 180 valence electrons. The first kappa shape index (κ1) is 22.8. The molecule has 1 atom stereocenters. The fourth-order valence-corrected chi connectivity index (χ4v) is 3.58. The highest BCUT2D eigenvalue weighted by molar-refractivity contribution is 5.95. The van der Waals surface area contributed by atoms with Crippen LogP contribution in [0.2, 0.25) is 0 Å². The van der Waals surface area contributed by atoms with Crippen molar-refractivity contribution in [3.63, 3.8) is 0 Å². The van der Waals surface area contributed by atoms with Gasteiger partial charge in [-0.05, 0) is 37.1 Å². The summed E-state index contributed by atoms with van der Waals surface area (Å²) in [7, 11) is 0. The molecule has 0 saturated heterocycles. The predicted octanol–water partition coefficient (Wildman–Crippen LogP) is 3.69. The number of rotatable bonds is 7. The zero-order valence-electron chi connectivity index (χ0n) is 18.3. The summed E-state index contributed by atoms with van der Waals surface area (Å²) in [6.07, 6.45) is 1.15. The van der Waals surface area contributed by atoms with E-state index in [9.17, 15) is 23.1 Å². The standard InChI is InChI=1S/C24H21F3N6O2/c25-24(26,27)20(34)12-29-21-22-30-11-19(33(22)13-18(32-21)14-7-9-28-10-8-14)15-1-3-16(4-2-15)23(35)31-17-5-6-17/h1-4,7-11,13,17,20,34H,5-6,12H2,(H,29,32)(H,31,35). The van der Waals surface area contributed by atoms with Crippen molar-refractivity contribution in [1.82, 2.24) is 24.7 Å². The summed E-state index contributed by atoms with van der Waals surface area (Å²) in [5, 5.41) is 15.0. The molecule has 1 saturated carbocycles. The molecule has 1 amide bonds. The van der Waals surface area contributed by atoms with E-state index in [1.807, 2.05) is 0 Å². The Morgan fingerprint density at radius 1 is 1.11 bits per heavy atom. The Morgan fingerprint density at radius 2 is 1.83 bits per heavy atom. The van der Waals surface area contributed by atoms with E-state index in [1.165, 1.54) is 0 Å². The van der Waals surface area contributed by atoms with Crippen molar-refractivity contribution in [2.24, 2.45) is 0 Å². The number of hydrogen-bond acceptors (Lipinski definition) is 6. The van der Waals surface area contributed by atoms with Gasteiger partial charge in [0, 0.05) is 41.3 Å². The number of nitrogens with one attached hydrogen (secondary N) is 2. The first-order valence-electron chi connectivity index (χ1n) is 11.0. The maximum absolute atomic E-state index is 12.8. The first-order chi connectivity index (χ1) is 16.8. The molecule has 3 aromatic heterocycles. The maximum Gasteiger partial charge on any atom is 0.416 e. The number of halogens is 3. The number of fused-ring (bicyclic) bond motifs is 1. The van der Waals surface area contributed by atoms with Crippen molar-refractivity contribution in [3.8, 4) is 22.5 Å². The van der Waals surface area contributed by atoms with Crippen LogP contribution in [0.5, 0.6) is 0 Å². The number of imidazole rings is 1. The molecular formula is C24H21F3N6O2. The number of pyridine rings is 1. The number of anilines is 1. The van der Waals surface area contributed by atoms with Gasteiger partial charge in [-0.1, -0.05) is 12.1 Å². The first-order valence-corrected chi connectivity index (χ1v) is 11.0. The lowest BCUT2D eigenvalue weighted by Crippen LogP contribution is -2.35. The number of nitrogens with zero attached hydrogens (tertiary/aromatic N) is 4. The summed E-state index contributed by atoms with van der Waals surface area (Å²) in [5.74, 6) is -0.0367. The maximum atomic E-state index is 12.8. The van der Waals surface area contributed by atoms with Crippen molar-refractivity contribution in [2.75, 3.05) is 11.9 Å².